The van der Waals surface area contributed by atoms with E-state index in [4.69, 9.17) is 4.98 Å². The summed E-state index contributed by atoms with van der Waals surface area (Å²) in [5.41, 5.74) is -0.182. The van der Waals surface area contributed by atoms with Crippen molar-refractivity contribution in [3.63, 3.8) is 0 Å². The summed E-state index contributed by atoms with van der Waals surface area (Å²) in [7, 11) is 0. The van der Waals surface area contributed by atoms with Gasteiger partial charge in [-0.1, -0.05) is 24.3 Å². The first-order valence-corrected chi connectivity index (χ1v) is 14.8. The molecular formula is C32H30F4N6O4. The summed E-state index contributed by atoms with van der Waals surface area (Å²) >= 11 is 0. The van der Waals surface area contributed by atoms with E-state index in [0.717, 1.165) is 35.9 Å². The lowest BCUT2D eigenvalue weighted by molar-refractivity contribution is -0.274. The van der Waals surface area contributed by atoms with Crippen molar-refractivity contribution in [3.05, 3.63) is 94.8 Å². The highest BCUT2D eigenvalue weighted by Crippen LogP contribution is 2.38. The van der Waals surface area contributed by atoms with E-state index in [-0.39, 0.29) is 42.1 Å². The van der Waals surface area contributed by atoms with Crippen LogP contribution in [-0.2, 0) is 4.79 Å². The fourth-order valence-electron chi connectivity index (χ4n) is 5.58. The number of benzene rings is 3. The van der Waals surface area contributed by atoms with Crippen LogP contribution in [-0.4, -0.2) is 59.0 Å². The number of halogens is 4. The van der Waals surface area contributed by atoms with Crippen molar-refractivity contribution in [2.24, 2.45) is 5.92 Å². The maximum absolute atomic E-state index is 14.1. The Morgan fingerprint density at radius 2 is 1.61 bits per heavy atom. The van der Waals surface area contributed by atoms with Gasteiger partial charge in [-0.15, -0.1) is 13.2 Å². The van der Waals surface area contributed by atoms with Crippen LogP contribution in [0.2, 0.25) is 0 Å². The Balaban J connectivity index is 1.45. The van der Waals surface area contributed by atoms with E-state index < -0.39 is 35.6 Å². The highest BCUT2D eigenvalue weighted by Gasteiger charge is 2.38. The number of ether oxygens (including phenoxy) is 1. The molecule has 1 atom stereocenters. The van der Waals surface area contributed by atoms with Crippen molar-refractivity contribution in [2.75, 3.05) is 41.4 Å². The number of para-hydroxylation sites is 3. The van der Waals surface area contributed by atoms with Crippen molar-refractivity contribution in [3.8, 4) is 5.75 Å². The molecular weight excluding hydrogens is 608 g/mol. The molecule has 1 aromatic heterocycles. The number of rotatable bonds is 7. The molecule has 14 heteroatoms. The predicted octanol–water partition coefficient (Wildman–Crippen LogP) is 5.42. The number of nitrogens with zero attached hydrogens (tertiary/aromatic N) is 5. The number of carbonyl (C=O) groups is 2. The van der Waals surface area contributed by atoms with E-state index in [1.165, 1.54) is 41.9 Å². The summed E-state index contributed by atoms with van der Waals surface area (Å²) in [6, 6.07) is 14.6. The van der Waals surface area contributed by atoms with Gasteiger partial charge in [-0.25, -0.2) is 18.8 Å². The van der Waals surface area contributed by atoms with Crippen LogP contribution in [0.1, 0.15) is 31.6 Å². The summed E-state index contributed by atoms with van der Waals surface area (Å²) < 4.78 is 59.7. The van der Waals surface area contributed by atoms with Crippen molar-refractivity contribution in [1.29, 1.82) is 0 Å². The van der Waals surface area contributed by atoms with E-state index in [1.54, 1.807) is 34.2 Å². The van der Waals surface area contributed by atoms with Gasteiger partial charge in [0.15, 0.2) is 11.6 Å². The Bertz CT molecular complexity index is 1820. The van der Waals surface area contributed by atoms with Gasteiger partial charge >= 0.3 is 12.4 Å². The smallest absolute Gasteiger partial charge is 0.404 e. The lowest BCUT2D eigenvalue weighted by Crippen LogP contribution is -2.57. The maximum atomic E-state index is 14.1. The fraction of sp³-hybridized carbons (Fsp3) is 0.312. The second-order valence-electron chi connectivity index (χ2n) is 11.2. The lowest BCUT2D eigenvalue weighted by Gasteiger charge is -2.39. The largest absolute Gasteiger partial charge is 0.573 e. The van der Waals surface area contributed by atoms with Gasteiger partial charge in [-0.2, -0.15) is 0 Å². The Labute approximate surface area is 260 Å². The number of amides is 3. The molecule has 0 spiro atoms. The second kappa shape index (κ2) is 12.3. The topological polar surface area (TPSA) is 100 Å². The first-order valence-electron chi connectivity index (χ1n) is 14.8. The summed E-state index contributed by atoms with van der Waals surface area (Å²) in [6.07, 6.45) is -3.34. The molecule has 2 fully saturated rings. The number of alkyl halides is 3. The van der Waals surface area contributed by atoms with Gasteiger partial charge in [-0.3, -0.25) is 14.5 Å². The Kier molecular flexibility index (Phi) is 8.28. The number of carbonyl (C=O) groups excluding carboxylic acids is 2. The molecule has 1 unspecified atom stereocenters. The molecule has 3 amide bonds. The van der Waals surface area contributed by atoms with Crippen molar-refractivity contribution in [1.82, 2.24) is 14.6 Å². The highest BCUT2D eigenvalue weighted by atomic mass is 19.4. The molecule has 0 radical (unpaired) electrons. The van der Waals surface area contributed by atoms with E-state index in [1.807, 2.05) is 0 Å². The molecule has 3 aromatic carbocycles. The third-order valence-electron chi connectivity index (χ3n) is 7.98. The van der Waals surface area contributed by atoms with Crippen molar-refractivity contribution in [2.45, 2.75) is 32.2 Å². The SMILES string of the molecule is CC(c1nc2ccccc2c(=O)n1N1CCN(C(=O)C2CC2)CC1)N(C(=O)Nc1ccc(F)cc1)c1ccccc1OC(F)(F)F. The Morgan fingerprint density at radius 3 is 2.28 bits per heavy atom. The molecule has 1 aliphatic carbocycles. The molecule has 1 aliphatic heterocycles. The predicted molar refractivity (Wildman–Crippen MR) is 163 cm³/mol. The number of nitrogens with one attached hydrogen (secondary N) is 1. The van der Waals surface area contributed by atoms with Crippen molar-refractivity contribution < 1.29 is 31.9 Å². The van der Waals surface area contributed by atoms with E-state index in [0.29, 0.717) is 24.0 Å². The minimum absolute atomic E-state index is 0.0411. The third-order valence-corrected chi connectivity index (χ3v) is 7.98. The van der Waals surface area contributed by atoms with E-state index in [9.17, 15) is 31.9 Å². The van der Waals surface area contributed by atoms with Crippen LogP contribution >= 0.6 is 0 Å². The highest BCUT2D eigenvalue weighted by molar-refractivity contribution is 6.03. The molecule has 0 bridgehead atoms. The van der Waals surface area contributed by atoms with Crippen molar-refractivity contribution >= 4 is 34.2 Å². The Hall–Kier alpha value is -5.14. The molecule has 1 saturated heterocycles. The zero-order valence-electron chi connectivity index (χ0n) is 24.7. The van der Waals surface area contributed by atoms with Crippen LogP contribution in [0.4, 0.5) is 33.7 Å². The number of anilines is 2. The van der Waals surface area contributed by atoms with Crippen LogP contribution in [0.25, 0.3) is 10.9 Å². The number of aromatic nitrogens is 2. The van der Waals surface area contributed by atoms with Gasteiger partial charge in [0.05, 0.1) is 35.7 Å². The number of hydrogen-bond acceptors (Lipinski definition) is 6. The van der Waals surface area contributed by atoms with E-state index in [2.05, 4.69) is 10.1 Å². The minimum Gasteiger partial charge on any atom is -0.404 e. The van der Waals surface area contributed by atoms with Gasteiger partial charge in [0, 0.05) is 24.7 Å². The zero-order chi connectivity index (χ0) is 32.6. The molecule has 1 N–H and O–H groups in total. The molecule has 46 heavy (non-hydrogen) atoms. The molecule has 2 heterocycles. The summed E-state index contributed by atoms with van der Waals surface area (Å²) in [6.45, 7) is 2.83. The third kappa shape index (κ3) is 6.46. The molecule has 10 nitrogen and oxygen atoms in total. The Morgan fingerprint density at radius 1 is 0.957 bits per heavy atom. The molecule has 4 aromatic rings. The second-order valence-corrected chi connectivity index (χ2v) is 11.2. The maximum Gasteiger partial charge on any atom is 0.573 e. The molecule has 1 saturated carbocycles. The van der Waals surface area contributed by atoms with E-state index >= 15 is 0 Å². The van der Waals surface area contributed by atoms with Crippen LogP contribution in [0.5, 0.6) is 5.75 Å². The van der Waals surface area contributed by atoms with Gasteiger partial charge < -0.3 is 20.0 Å². The van der Waals surface area contributed by atoms with Crippen LogP contribution in [0.15, 0.2) is 77.6 Å². The van der Waals surface area contributed by atoms with Gasteiger partial charge in [0.25, 0.3) is 5.56 Å². The quantitative estimate of drug-likeness (QED) is 0.272. The number of piperazine rings is 1. The summed E-state index contributed by atoms with van der Waals surface area (Å²) in [5, 5.41) is 4.64. The van der Waals surface area contributed by atoms with Crippen LogP contribution in [0, 0.1) is 11.7 Å². The molecule has 6 rings (SSSR count). The standard InChI is InChI=1S/C32H30F4N6O4/c1-20(41(31(45)37-23-14-12-22(33)13-15-23)26-8-4-5-9-27(26)46-32(34,35)36)28-38-25-7-3-2-6-24(25)30(44)42(28)40-18-16-39(17-19-40)29(43)21-10-11-21/h2-9,12-15,20-21H,10-11,16-19H2,1H3,(H,37,45). The lowest BCUT2D eigenvalue weighted by atomic mass is 10.1. The van der Waals surface area contributed by atoms with Gasteiger partial charge in [0.1, 0.15) is 5.82 Å². The zero-order valence-corrected chi connectivity index (χ0v) is 24.7. The fourth-order valence-corrected chi connectivity index (χ4v) is 5.58. The summed E-state index contributed by atoms with van der Waals surface area (Å²) in [4.78, 5) is 48.3. The van der Waals surface area contributed by atoms with Gasteiger partial charge in [0.2, 0.25) is 5.91 Å². The average Bonchev–Trinajstić information content (AvgIpc) is 3.88. The first-order chi connectivity index (χ1) is 22.0. The normalized spacial score (nSPS) is 15.8. The molecule has 240 valence electrons. The van der Waals surface area contributed by atoms with Crippen LogP contribution in [0.3, 0.4) is 0 Å². The molecule has 2 aliphatic rings. The van der Waals surface area contributed by atoms with Gasteiger partial charge in [-0.05, 0) is 68.3 Å². The minimum atomic E-state index is -5.07. The number of urea groups is 1. The first kappa shape index (κ1) is 30.9. The number of fused-ring (bicyclic) bond motifs is 1. The van der Waals surface area contributed by atoms with Crippen LogP contribution < -0.4 is 25.5 Å². The average molecular weight is 639 g/mol. The number of hydrogen-bond donors (Lipinski definition) is 1. The summed E-state index contributed by atoms with van der Waals surface area (Å²) in [5.74, 6) is -1.00. The monoisotopic (exact) mass is 638 g/mol.